The summed E-state index contributed by atoms with van der Waals surface area (Å²) >= 11 is 1.52. The zero-order valence-electron chi connectivity index (χ0n) is 15.0. The van der Waals surface area contributed by atoms with Crippen molar-refractivity contribution in [2.24, 2.45) is 0 Å². The first kappa shape index (κ1) is 18.2. The van der Waals surface area contributed by atoms with Gasteiger partial charge in [-0.15, -0.1) is 11.8 Å². The van der Waals surface area contributed by atoms with Gasteiger partial charge in [0.1, 0.15) is 0 Å². The highest BCUT2D eigenvalue weighted by Crippen LogP contribution is 2.23. The maximum Gasteiger partial charge on any atom is 0.246 e. The van der Waals surface area contributed by atoms with Gasteiger partial charge in [-0.25, -0.2) is 0 Å². The van der Waals surface area contributed by atoms with Crippen molar-refractivity contribution in [2.75, 3.05) is 0 Å². The number of aromatic nitrogens is 2. The number of rotatable bonds is 6. The van der Waals surface area contributed by atoms with E-state index in [0.29, 0.717) is 11.7 Å². The van der Waals surface area contributed by atoms with Crippen LogP contribution in [0.1, 0.15) is 23.9 Å². The van der Waals surface area contributed by atoms with E-state index in [1.807, 2.05) is 69.3 Å². The van der Waals surface area contributed by atoms with E-state index in [0.717, 1.165) is 16.0 Å². The van der Waals surface area contributed by atoms with Crippen LogP contribution in [0.15, 0.2) is 57.9 Å². The smallest absolute Gasteiger partial charge is 0.246 e. The first-order valence-corrected chi connectivity index (χ1v) is 9.30. The van der Waals surface area contributed by atoms with E-state index in [1.54, 1.807) is 0 Å². The molecule has 0 aliphatic rings. The van der Waals surface area contributed by atoms with Gasteiger partial charge < -0.3 is 9.84 Å². The summed E-state index contributed by atoms with van der Waals surface area (Å²) in [5.74, 6) is 0.855. The van der Waals surface area contributed by atoms with Gasteiger partial charge in [0.05, 0.1) is 11.8 Å². The van der Waals surface area contributed by atoms with Gasteiger partial charge in [0.15, 0.2) is 0 Å². The molecule has 0 bridgehead atoms. The quantitative estimate of drug-likeness (QED) is 0.663. The second-order valence-corrected chi connectivity index (χ2v) is 7.59. The SMILES string of the molecule is Cc1ccc(S[C@@H](C)C(=O)NCc2nc(-c3cccc(C)c3)no2)cc1. The molecule has 3 rings (SSSR count). The van der Waals surface area contributed by atoms with Gasteiger partial charge >= 0.3 is 0 Å². The highest BCUT2D eigenvalue weighted by atomic mass is 32.2. The van der Waals surface area contributed by atoms with Gasteiger partial charge in [0.25, 0.3) is 0 Å². The Morgan fingerprint density at radius 1 is 1.15 bits per heavy atom. The average molecular weight is 367 g/mol. The molecule has 0 saturated carbocycles. The van der Waals surface area contributed by atoms with E-state index in [1.165, 1.54) is 17.3 Å². The van der Waals surface area contributed by atoms with Crippen molar-refractivity contribution in [3.63, 3.8) is 0 Å². The molecular weight excluding hydrogens is 346 g/mol. The zero-order chi connectivity index (χ0) is 18.5. The molecule has 2 aromatic carbocycles. The molecule has 1 N–H and O–H groups in total. The lowest BCUT2D eigenvalue weighted by molar-refractivity contribution is -0.120. The van der Waals surface area contributed by atoms with Crippen LogP contribution in [0.5, 0.6) is 0 Å². The number of amides is 1. The van der Waals surface area contributed by atoms with E-state index < -0.39 is 0 Å². The van der Waals surface area contributed by atoms with Crippen molar-refractivity contribution in [1.29, 1.82) is 0 Å². The van der Waals surface area contributed by atoms with Crippen molar-refractivity contribution in [2.45, 2.75) is 37.5 Å². The normalized spacial score (nSPS) is 12.0. The molecule has 0 aliphatic carbocycles. The largest absolute Gasteiger partial charge is 0.346 e. The molecule has 3 aromatic rings. The van der Waals surface area contributed by atoms with Crippen LogP contribution in [0.2, 0.25) is 0 Å². The molecule has 26 heavy (non-hydrogen) atoms. The molecule has 1 atom stereocenters. The third kappa shape index (κ3) is 4.73. The van der Waals surface area contributed by atoms with E-state index in [-0.39, 0.29) is 17.7 Å². The van der Waals surface area contributed by atoms with Crippen LogP contribution < -0.4 is 5.32 Å². The number of nitrogens with one attached hydrogen (secondary N) is 1. The van der Waals surface area contributed by atoms with Crippen LogP contribution in [0.3, 0.4) is 0 Å². The van der Waals surface area contributed by atoms with Crippen molar-refractivity contribution in [3.05, 3.63) is 65.5 Å². The second kappa shape index (κ2) is 8.19. The molecule has 5 nitrogen and oxygen atoms in total. The molecule has 6 heteroatoms. The van der Waals surface area contributed by atoms with Crippen molar-refractivity contribution >= 4 is 17.7 Å². The van der Waals surface area contributed by atoms with E-state index in [4.69, 9.17) is 4.52 Å². The minimum absolute atomic E-state index is 0.0640. The summed E-state index contributed by atoms with van der Waals surface area (Å²) in [7, 11) is 0. The minimum atomic E-state index is -0.211. The fourth-order valence-corrected chi connectivity index (χ4v) is 3.30. The van der Waals surface area contributed by atoms with Gasteiger partial charge in [0, 0.05) is 10.5 Å². The van der Waals surface area contributed by atoms with E-state index >= 15 is 0 Å². The monoisotopic (exact) mass is 367 g/mol. The van der Waals surface area contributed by atoms with Crippen LogP contribution in [0, 0.1) is 13.8 Å². The molecular formula is C20H21N3O2S. The molecule has 1 heterocycles. The van der Waals surface area contributed by atoms with E-state index in [2.05, 4.69) is 15.5 Å². The molecule has 0 unspecified atom stereocenters. The Kier molecular flexibility index (Phi) is 5.73. The lowest BCUT2D eigenvalue weighted by atomic mass is 10.1. The molecule has 0 spiro atoms. The Morgan fingerprint density at radius 3 is 2.65 bits per heavy atom. The summed E-state index contributed by atoms with van der Waals surface area (Å²) in [4.78, 5) is 17.7. The van der Waals surface area contributed by atoms with Crippen LogP contribution in [0.25, 0.3) is 11.4 Å². The number of aryl methyl sites for hydroxylation is 2. The van der Waals surface area contributed by atoms with Crippen LogP contribution in [0.4, 0.5) is 0 Å². The first-order chi connectivity index (χ1) is 12.5. The summed E-state index contributed by atoms with van der Waals surface area (Å²) in [5, 5.41) is 6.62. The summed E-state index contributed by atoms with van der Waals surface area (Å²) in [6.45, 7) is 6.15. The zero-order valence-corrected chi connectivity index (χ0v) is 15.8. The Labute approximate surface area is 157 Å². The fraction of sp³-hybridized carbons (Fsp3) is 0.250. The Morgan fingerprint density at radius 2 is 1.92 bits per heavy atom. The molecule has 0 aliphatic heterocycles. The maximum atomic E-state index is 12.3. The third-order valence-corrected chi connectivity index (χ3v) is 4.97. The van der Waals surface area contributed by atoms with Crippen LogP contribution in [-0.4, -0.2) is 21.3 Å². The van der Waals surface area contributed by atoms with E-state index in [9.17, 15) is 4.79 Å². The number of nitrogens with zero attached hydrogens (tertiary/aromatic N) is 2. The van der Waals surface area contributed by atoms with Crippen LogP contribution in [-0.2, 0) is 11.3 Å². The number of thioether (sulfide) groups is 1. The highest BCUT2D eigenvalue weighted by molar-refractivity contribution is 8.00. The van der Waals surface area contributed by atoms with Crippen molar-refractivity contribution in [1.82, 2.24) is 15.5 Å². The maximum absolute atomic E-state index is 12.3. The Hall–Kier alpha value is -2.60. The molecule has 0 radical (unpaired) electrons. The van der Waals surface area contributed by atoms with Crippen molar-refractivity contribution < 1.29 is 9.32 Å². The molecule has 134 valence electrons. The van der Waals surface area contributed by atoms with Gasteiger partial charge in [0.2, 0.25) is 17.6 Å². The topological polar surface area (TPSA) is 68.0 Å². The third-order valence-electron chi connectivity index (χ3n) is 3.86. The Balaban J connectivity index is 1.55. The average Bonchev–Trinajstić information content (AvgIpc) is 3.10. The van der Waals surface area contributed by atoms with Gasteiger partial charge in [-0.3, -0.25) is 4.79 Å². The van der Waals surface area contributed by atoms with Gasteiger partial charge in [-0.05, 0) is 39.0 Å². The van der Waals surface area contributed by atoms with Crippen LogP contribution >= 0.6 is 11.8 Å². The number of hydrogen-bond donors (Lipinski definition) is 1. The lowest BCUT2D eigenvalue weighted by Crippen LogP contribution is -2.30. The summed E-state index contributed by atoms with van der Waals surface area (Å²) in [5.41, 5.74) is 3.23. The number of hydrogen-bond acceptors (Lipinski definition) is 5. The first-order valence-electron chi connectivity index (χ1n) is 8.42. The number of carbonyl (C=O) groups excluding carboxylic acids is 1. The predicted molar refractivity (Wildman–Crippen MR) is 103 cm³/mol. The predicted octanol–water partition coefficient (Wildman–Crippen LogP) is 4.15. The minimum Gasteiger partial charge on any atom is -0.346 e. The van der Waals surface area contributed by atoms with Crippen molar-refractivity contribution in [3.8, 4) is 11.4 Å². The van der Waals surface area contributed by atoms with Gasteiger partial charge in [-0.2, -0.15) is 4.98 Å². The summed E-state index contributed by atoms with van der Waals surface area (Å²) in [6.07, 6.45) is 0. The fourth-order valence-electron chi connectivity index (χ4n) is 2.41. The number of benzene rings is 2. The standard InChI is InChI=1S/C20H21N3O2S/c1-13-7-9-17(10-8-13)26-15(3)20(24)21-12-18-22-19(23-25-18)16-6-4-5-14(2)11-16/h4-11,15H,12H2,1-3H3,(H,21,24)/t15-/m0/s1. The summed E-state index contributed by atoms with van der Waals surface area (Å²) in [6, 6.07) is 16.0. The number of carbonyl (C=O) groups is 1. The van der Waals surface area contributed by atoms with Gasteiger partial charge in [-0.1, -0.05) is 46.6 Å². The molecule has 1 amide bonds. The molecule has 1 aromatic heterocycles. The highest BCUT2D eigenvalue weighted by Gasteiger charge is 2.16. The summed E-state index contributed by atoms with van der Waals surface area (Å²) < 4.78 is 5.24. The Bertz CT molecular complexity index is 890. The molecule has 0 saturated heterocycles. The lowest BCUT2D eigenvalue weighted by Gasteiger charge is -2.10. The molecule has 0 fully saturated rings. The second-order valence-electron chi connectivity index (χ2n) is 6.17.